The minimum absolute atomic E-state index is 0.712. The second-order valence-electron chi connectivity index (χ2n) is 3.69. The molecule has 0 amide bonds. The van der Waals surface area contributed by atoms with Gasteiger partial charge in [0.15, 0.2) is 0 Å². The molecule has 0 fully saturated rings. The Labute approximate surface area is 92.0 Å². The molecule has 0 saturated carbocycles. The number of rotatable bonds is 1. The fraction of sp³-hybridized carbons (Fsp3) is 0.0833. The van der Waals surface area contributed by atoms with Crippen LogP contribution in [-0.2, 0) is 5.72 Å². The van der Waals surface area contributed by atoms with Crippen LogP contribution in [0.4, 0.5) is 0 Å². The Morgan fingerprint density at radius 1 is 1.12 bits per heavy atom. The van der Waals surface area contributed by atoms with E-state index in [0.717, 1.165) is 10.8 Å². The van der Waals surface area contributed by atoms with Crippen LogP contribution in [0.2, 0.25) is 0 Å². The number of fused-ring (bicyclic) bond motifs is 1. The van der Waals surface area contributed by atoms with Crippen molar-refractivity contribution in [3.63, 3.8) is 0 Å². The van der Waals surface area contributed by atoms with Gasteiger partial charge in [-0.1, -0.05) is 12.1 Å². The first-order chi connectivity index (χ1) is 7.78. The summed E-state index contributed by atoms with van der Waals surface area (Å²) in [6.45, 7) is 0. The summed E-state index contributed by atoms with van der Waals surface area (Å²) in [4.78, 5) is 4.04. The number of azo groups is 1. The SMILES string of the molecule is OC1(c2ccc3cnccc3c2)C=CN=N1. The van der Waals surface area contributed by atoms with Crippen molar-refractivity contribution in [1.29, 1.82) is 0 Å². The molecule has 1 aromatic heterocycles. The zero-order valence-electron chi connectivity index (χ0n) is 8.41. The van der Waals surface area contributed by atoms with Crippen molar-refractivity contribution in [3.8, 4) is 0 Å². The summed E-state index contributed by atoms with van der Waals surface area (Å²) in [6.07, 6.45) is 6.57. The van der Waals surface area contributed by atoms with Gasteiger partial charge in [-0.2, -0.15) is 5.11 Å². The summed E-state index contributed by atoms with van der Waals surface area (Å²) in [5, 5.41) is 19.7. The second kappa shape index (κ2) is 3.21. The first kappa shape index (κ1) is 9.18. The molecule has 0 radical (unpaired) electrons. The Morgan fingerprint density at radius 3 is 2.88 bits per heavy atom. The van der Waals surface area contributed by atoms with Gasteiger partial charge in [0.1, 0.15) is 0 Å². The Balaban J connectivity index is 2.19. The molecule has 1 atom stereocenters. The van der Waals surface area contributed by atoms with E-state index in [2.05, 4.69) is 15.2 Å². The van der Waals surface area contributed by atoms with E-state index in [4.69, 9.17) is 0 Å². The fourth-order valence-electron chi connectivity index (χ4n) is 1.76. The van der Waals surface area contributed by atoms with Gasteiger partial charge >= 0.3 is 0 Å². The highest BCUT2D eigenvalue weighted by molar-refractivity contribution is 5.82. The molecule has 1 aliphatic heterocycles. The van der Waals surface area contributed by atoms with Crippen molar-refractivity contribution in [1.82, 2.24) is 4.98 Å². The normalized spacial score (nSPS) is 23.1. The van der Waals surface area contributed by atoms with Gasteiger partial charge < -0.3 is 5.11 Å². The van der Waals surface area contributed by atoms with Crippen molar-refractivity contribution in [2.75, 3.05) is 0 Å². The predicted octanol–water partition coefficient (Wildman–Crippen LogP) is 2.36. The summed E-state index contributed by atoms with van der Waals surface area (Å²) < 4.78 is 0. The molecule has 0 spiro atoms. The van der Waals surface area contributed by atoms with Crippen molar-refractivity contribution < 1.29 is 5.11 Å². The number of aliphatic hydroxyl groups is 1. The van der Waals surface area contributed by atoms with E-state index in [9.17, 15) is 5.11 Å². The monoisotopic (exact) mass is 211 g/mol. The summed E-state index contributed by atoms with van der Waals surface area (Å²) in [7, 11) is 0. The van der Waals surface area contributed by atoms with Crippen molar-refractivity contribution in [2.45, 2.75) is 5.72 Å². The molecule has 0 bridgehead atoms. The highest BCUT2D eigenvalue weighted by Crippen LogP contribution is 2.30. The van der Waals surface area contributed by atoms with Crippen LogP contribution in [0.1, 0.15) is 5.56 Å². The molecule has 1 unspecified atom stereocenters. The number of nitrogens with zero attached hydrogens (tertiary/aromatic N) is 3. The average molecular weight is 211 g/mol. The standard InChI is InChI=1S/C12H9N3O/c16-12(4-6-14-15-12)11-2-1-10-8-13-5-3-9(10)7-11/h1-8,16H. The Kier molecular flexibility index (Phi) is 1.84. The molecule has 1 aromatic carbocycles. The molecule has 2 heterocycles. The molecular weight excluding hydrogens is 202 g/mol. The molecule has 2 aromatic rings. The lowest BCUT2D eigenvalue weighted by atomic mass is 10.0. The number of aromatic nitrogens is 1. The number of hydrogen-bond acceptors (Lipinski definition) is 4. The maximum absolute atomic E-state index is 10.2. The van der Waals surface area contributed by atoms with E-state index < -0.39 is 5.72 Å². The first-order valence-electron chi connectivity index (χ1n) is 4.94. The molecule has 3 rings (SSSR count). The van der Waals surface area contributed by atoms with Crippen LogP contribution in [0, 0.1) is 0 Å². The Hall–Kier alpha value is -2.07. The largest absolute Gasteiger partial charge is 0.361 e. The molecular formula is C12H9N3O. The topological polar surface area (TPSA) is 57.8 Å². The zero-order valence-corrected chi connectivity index (χ0v) is 8.41. The van der Waals surface area contributed by atoms with E-state index in [1.807, 2.05) is 24.3 Å². The maximum Gasteiger partial charge on any atom is 0.223 e. The third-order valence-electron chi connectivity index (χ3n) is 2.65. The molecule has 4 nitrogen and oxygen atoms in total. The number of hydrogen-bond donors (Lipinski definition) is 1. The molecule has 16 heavy (non-hydrogen) atoms. The Bertz CT molecular complexity index is 592. The van der Waals surface area contributed by atoms with Gasteiger partial charge in [-0.3, -0.25) is 4.98 Å². The zero-order chi connectivity index (χ0) is 11.0. The second-order valence-corrected chi connectivity index (χ2v) is 3.69. The van der Waals surface area contributed by atoms with Crippen LogP contribution < -0.4 is 0 Å². The van der Waals surface area contributed by atoms with Crippen LogP contribution in [0.25, 0.3) is 10.8 Å². The average Bonchev–Trinajstić information content (AvgIpc) is 2.77. The van der Waals surface area contributed by atoms with Gasteiger partial charge in [-0.25, -0.2) is 0 Å². The quantitative estimate of drug-likeness (QED) is 0.787. The fourth-order valence-corrected chi connectivity index (χ4v) is 1.76. The van der Waals surface area contributed by atoms with Crippen molar-refractivity contribution >= 4 is 10.8 Å². The maximum atomic E-state index is 10.2. The predicted molar refractivity (Wildman–Crippen MR) is 59.6 cm³/mol. The van der Waals surface area contributed by atoms with Gasteiger partial charge in [0.2, 0.25) is 5.72 Å². The van der Waals surface area contributed by atoms with E-state index in [1.165, 1.54) is 6.20 Å². The third kappa shape index (κ3) is 1.31. The number of benzene rings is 1. The lowest BCUT2D eigenvalue weighted by molar-refractivity contribution is 0.0980. The summed E-state index contributed by atoms with van der Waals surface area (Å²) in [5.41, 5.74) is -0.596. The van der Waals surface area contributed by atoms with E-state index in [-0.39, 0.29) is 0 Å². The van der Waals surface area contributed by atoms with Crippen LogP contribution in [-0.4, -0.2) is 10.1 Å². The minimum atomic E-state index is -1.31. The van der Waals surface area contributed by atoms with Crippen LogP contribution in [0.5, 0.6) is 0 Å². The lowest BCUT2D eigenvalue weighted by Crippen LogP contribution is -2.17. The van der Waals surface area contributed by atoms with E-state index in [0.29, 0.717) is 5.56 Å². The van der Waals surface area contributed by atoms with E-state index >= 15 is 0 Å². The highest BCUT2D eigenvalue weighted by atomic mass is 16.3. The molecule has 0 saturated heterocycles. The number of pyridine rings is 1. The van der Waals surface area contributed by atoms with Gasteiger partial charge in [0, 0.05) is 23.3 Å². The van der Waals surface area contributed by atoms with Gasteiger partial charge in [0.25, 0.3) is 0 Å². The minimum Gasteiger partial charge on any atom is -0.361 e. The smallest absolute Gasteiger partial charge is 0.223 e. The molecule has 78 valence electrons. The van der Waals surface area contributed by atoms with Gasteiger partial charge in [0.05, 0.1) is 6.20 Å². The van der Waals surface area contributed by atoms with Crippen LogP contribution >= 0.6 is 0 Å². The van der Waals surface area contributed by atoms with Crippen molar-refractivity contribution in [3.05, 3.63) is 54.5 Å². The molecule has 1 N–H and O–H groups in total. The third-order valence-corrected chi connectivity index (χ3v) is 2.65. The highest BCUT2D eigenvalue weighted by Gasteiger charge is 2.28. The van der Waals surface area contributed by atoms with Crippen LogP contribution in [0.3, 0.4) is 0 Å². The summed E-state index contributed by atoms with van der Waals surface area (Å²) in [6, 6.07) is 7.54. The lowest BCUT2D eigenvalue weighted by Gasteiger charge is -2.15. The van der Waals surface area contributed by atoms with Crippen LogP contribution in [0.15, 0.2) is 59.2 Å². The molecule has 4 heteroatoms. The molecule has 1 aliphatic rings. The van der Waals surface area contributed by atoms with E-state index in [1.54, 1.807) is 18.5 Å². The molecule has 0 aliphatic carbocycles. The Morgan fingerprint density at radius 2 is 2.06 bits per heavy atom. The summed E-state index contributed by atoms with van der Waals surface area (Å²) in [5.74, 6) is 0. The van der Waals surface area contributed by atoms with Gasteiger partial charge in [-0.05, 0) is 23.6 Å². The van der Waals surface area contributed by atoms with Crippen molar-refractivity contribution in [2.24, 2.45) is 10.2 Å². The van der Waals surface area contributed by atoms with Gasteiger partial charge in [-0.15, -0.1) is 5.11 Å². The first-order valence-corrected chi connectivity index (χ1v) is 4.94. The summed E-state index contributed by atoms with van der Waals surface area (Å²) >= 11 is 0.